The minimum absolute atomic E-state index is 0.887. The molecule has 94 valence electrons. The Labute approximate surface area is 112 Å². The molecule has 2 nitrogen and oxygen atoms in total. The third kappa shape index (κ3) is 2.17. The van der Waals surface area contributed by atoms with Crippen LogP contribution >= 0.6 is 0 Å². The predicted molar refractivity (Wildman–Crippen MR) is 78.5 cm³/mol. The van der Waals surface area contributed by atoms with Gasteiger partial charge in [0, 0.05) is 17.5 Å². The maximum atomic E-state index is 5.25. The van der Waals surface area contributed by atoms with Gasteiger partial charge in [-0.1, -0.05) is 24.3 Å². The second-order valence-electron chi connectivity index (χ2n) is 4.56. The molecule has 2 heteroatoms. The lowest BCUT2D eigenvalue weighted by Crippen LogP contribution is -1.87. The maximum absolute atomic E-state index is 5.25. The van der Waals surface area contributed by atoms with Gasteiger partial charge in [-0.25, -0.2) is 0 Å². The summed E-state index contributed by atoms with van der Waals surface area (Å²) in [6.07, 6.45) is 1.82. The molecule has 0 fully saturated rings. The standard InChI is InChI=1S/C17H15NO/c1-12-17(4-3-9-18-12)15-6-5-14-11-16(19-2)8-7-13(14)10-15/h3-11H,1-2H3. The van der Waals surface area contributed by atoms with Gasteiger partial charge in [-0.3, -0.25) is 4.98 Å². The fourth-order valence-electron chi connectivity index (χ4n) is 2.31. The van der Waals surface area contributed by atoms with Gasteiger partial charge < -0.3 is 4.74 Å². The van der Waals surface area contributed by atoms with Gasteiger partial charge in [0.15, 0.2) is 0 Å². The van der Waals surface area contributed by atoms with Crippen LogP contribution in [0.25, 0.3) is 21.9 Å². The molecule has 0 aliphatic carbocycles. The number of nitrogens with zero attached hydrogens (tertiary/aromatic N) is 1. The van der Waals surface area contributed by atoms with E-state index >= 15 is 0 Å². The van der Waals surface area contributed by atoms with Crippen LogP contribution in [-0.2, 0) is 0 Å². The van der Waals surface area contributed by atoms with E-state index in [0.717, 1.165) is 11.4 Å². The average Bonchev–Trinajstić information content (AvgIpc) is 2.46. The highest BCUT2D eigenvalue weighted by Gasteiger charge is 2.04. The van der Waals surface area contributed by atoms with Gasteiger partial charge in [0.05, 0.1) is 7.11 Å². The zero-order valence-corrected chi connectivity index (χ0v) is 11.1. The molecule has 1 aromatic heterocycles. The largest absolute Gasteiger partial charge is 0.497 e. The fraction of sp³-hybridized carbons (Fsp3) is 0.118. The van der Waals surface area contributed by atoms with Crippen LogP contribution in [0.5, 0.6) is 5.75 Å². The number of hydrogen-bond acceptors (Lipinski definition) is 2. The van der Waals surface area contributed by atoms with Crippen molar-refractivity contribution < 1.29 is 4.74 Å². The lowest BCUT2D eigenvalue weighted by molar-refractivity contribution is 0.415. The molecular weight excluding hydrogens is 234 g/mol. The van der Waals surface area contributed by atoms with Crippen molar-refractivity contribution in [2.45, 2.75) is 6.92 Å². The summed E-state index contributed by atoms with van der Waals surface area (Å²) >= 11 is 0. The van der Waals surface area contributed by atoms with E-state index in [4.69, 9.17) is 4.74 Å². The summed E-state index contributed by atoms with van der Waals surface area (Å²) < 4.78 is 5.25. The van der Waals surface area contributed by atoms with Crippen molar-refractivity contribution in [3.05, 3.63) is 60.4 Å². The molecule has 0 atom stereocenters. The van der Waals surface area contributed by atoms with Crippen molar-refractivity contribution >= 4 is 10.8 Å². The van der Waals surface area contributed by atoms with Crippen molar-refractivity contribution in [3.8, 4) is 16.9 Å². The normalized spacial score (nSPS) is 10.6. The first kappa shape index (κ1) is 11.7. The van der Waals surface area contributed by atoms with Gasteiger partial charge in [-0.15, -0.1) is 0 Å². The second kappa shape index (κ2) is 4.73. The van der Waals surface area contributed by atoms with Gasteiger partial charge in [0.25, 0.3) is 0 Å². The number of pyridine rings is 1. The summed E-state index contributed by atoms with van der Waals surface area (Å²) in [7, 11) is 1.69. The van der Waals surface area contributed by atoms with Crippen LogP contribution in [0.1, 0.15) is 5.69 Å². The number of hydrogen-bond donors (Lipinski definition) is 0. The van der Waals surface area contributed by atoms with Crippen molar-refractivity contribution in [2.24, 2.45) is 0 Å². The SMILES string of the molecule is COc1ccc2cc(-c3cccnc3C)ccc2c1. The number of fused-ring (bicyclic) bond motifs is 1. The van der Waals surface area contributed by atoms with Crippen LogP contribution in [0.15, 0.2) is 54.7 Å². The molecule has 0 spiro atoms. The number of ether oxygens (including phenoxy) is 1. The molecule has 3 aromatic rings. The Morgan fingerprint density at radius 1 is 0.947 bits per heavy atom. The molecule has 0 bridgehead atoms. The zero-order chi connectivity index (χ0) is 13.2. The maximum Gasteiger partial charge on any atom is 0.119 e. The molecule has 0 N–H and O–H groups in total. The van der Waals surface area contributed by atoms with E-state index in [2.05, 4.69) is 41.4 Å². The smallest absolute Gasteiger partial charge is 0.119 e. The van der Waals surface area contributed by atoms with Crippen molar-refractivity contribution in [2.75, 3.05) is 7.11 Å². The van der Waals surface area contributed by atoms with E-state index in [9.17, 15) is 0 Å². The first-order chi connectivity index (χ1) is 9.28. The molecule has 0 radical (unpaired) electrons. The van der Waals surface area contributed by atoms with Crippen LogP contribution in [-0.4, -0.2) is 12.1 Å². The number of methoxy groups -OCH3 is 1. The summed E-state index contributed by atoms with van der Waals surface area (Å²) in [6, 6.07) is 16.7. The van der Waals surface area contributed by atoms with E-state index in [1.165, 1.54) is 21.9 Å². The lowest BCUT2D eigenvalue weighted by Gasteiger charge is -2.07. The molecule has 0 unspecified atom stereocenters. The molecule has 0 aliphatic heterocycles. The highest BCUT2D eigenvalue weighted by molar-refractivity contribution is 5.88. The predicted octanol–water partition coefficient (Wildman–Crippen LogP) is 4.22. The highest BCUT2D eigenvalue weighted by Crippen LogP contribution is 2.27. The monoisotopic (exact) mass is 249 g/mol. The van der Waals surface area contributed by atoms with Gasteiger partial charge in [-0.05, 0) is 47.5 Å². The third-order valence-corrected chi connectivity index (χ3v) is 3.37. The molecule has 1 heterocycles. The highest BCUT2D eigenvalue weighted by atomic mass is 16.5. The van der Waals surface area contributed by atoms with Gasteiger partial charge in [0.1, 0.15) is 5.75 Å². The summed E-state index contributed by atoms with van der Waals surface area (Å²) in [5.41, 5.74) is 3.43. The molecular formula is C17H15NO. The number of rotatable bonds is 2. The summed E-state index contributed by atoms with van der Waals surface area (Å²) in [4.78, 5) is 4.34. The van der Waals surface area contributed by atoms with E-state index in [1.54, 1.807) is 7.11 Å². The van der Waals surface area contributed by atoms with Crippen molar-refractivity contribution in [1.29, 1.82) is 0 Å². The lowest BCUT2D eigenvalue weighted by atomic mass is 10.0. The molecule has 3 rings (SSSR count). The van der Waals surface area contributed by atoms with Gasteiger partial charge in [-0.2, -0.15) is 0 Å². The summed E-state index contributed by atoms with van der Waals surface area (Å²) in [6.45, 7) is 2.04. The van der Waals surface area contributed by atoms with Crippen LogP contribution in [0.2, 0.25) is 0 Å². The fourth-order valence-corrected chi connectivity index (χ4v) is 2.31. The molecule has 0 aliphatic rings. The molecule has 0 saturated carbocycles. The van der Waals surface area contributed by atoms with Crippen molar-refractivity contribution in [3.63, 3.8) is 0 Å². The van der Waals surface area contributed by atoms with Crippen LogP contribution in [0.4, 0.5) is 0 Å². The van der Waals surface area contributed by atoms with E-state index < -0.39 is 0 Å². The third-order valence-electron chi connectivity index (χ3n) is 3.37. The van der Waals surface area contributed by atoms with E-state index in [1.807, 2.05) is 25.3 Å². The van der Waals surface area contributed by atoms with Crippen LogP contribution < -0.4 is 4.74 Å². The number of aryl methyl sites for hydroxylation is 1. The molecule has 19 heavy (non-hydrogen) atoms. The Morgan fingerprint density at radius 2 is 1.74 bits per heavy atom. The second-order valence-corrected chi connectivity index (χ2v) is 4.56. The minimum Gasteiger partial charge on any atom is -0.497 e. The van der Waals surface area contributed by atoms with Crippen molar-refractivity contribution in [1.82, 2.24) is 4.98 Å². The Morgan fingerprint density at radius 3 is 2.53 bits per heavy atom. The van der Waals surface area contributed by atoms with Crippen LogP contribution in [0.3, 0.4) is 0 Å². The van der Waals surface area contributed by atoms with Gasteiger partial charge in [0.2, 0.25) is 0 Å². The first-order valence-electron chi connectivity index (χ1n) is 6.28. The quantitative estimate of drug-likeness (QED) is 0.678. The number of aromatic nitrogens is 1. The molecule has 0 amide bonds. The number of benzene rings is 2. The first-order valence-corrected chi connectivity index (χ1v) is 6.28. The summed E-state index contributed by atoms with van der Waals surface area (Å²) in [5, 5.41) is 2.39. The summed E-state index contributed by atoms with van der Waals surface area (Å²) in [5.74, 6) is 0.887. The molecule has 0 saturated heterocycles. The molecule has 2 aromatic carbocycles. The average molecular weight is 249 g/mol. The Hall–Kier alpha value is -2.35. The van der Waals surface area contributed by atoms with Gasteiger partial charge >= 0.3 is 0 Å². The topological polar surface area (TPSA) is 22.1 Å². The van der Waals surface area contributed by atoms with E-state index in [0.29, 0.717) is 0 Å². The minimum atomic E-state index is 0.887. The Kier molecular flexibility index (Phi) is 2.92. The van der Waals surface area contributed by atoms with E-state index in [-0.39, 0.29) is 0 Å². The van der Waals surface area contributed by atoms with Crippen LogP contribution in [0, 0.1) is 6.92 Å². The zero-order valence-electron chi connectivity index (χ0n) is 11.1. The Bertz CT molecular complexity index is 734. The Balaban J connectivity index is 2.15.